The van der Waals surface area contributed by atoms with Crippen molar-refractivity contribution in [2.45, 2.75) is 25.9 Å². The number of hydrogen-bond acceptors (Lipinski definition) is 4. The Labute approximate surface area is 140 Å². The molecule has 7 heteroatoms. The lowest BCUT2D eigenvalue weighted by Gasteiger charge is -2.14. The number of methoxy groups -OCH3 is 1. The zero-order chi connectivity index (χ0) is 17.5. The average Bonchev–Trinajstić information content (AvgIpc) is 2.97. The molecule has 1 aromatic carbocycles. The Bertz CT molecular complexity index is 697. The summed E-state index contributed by atoms with van der Waals surface area (Å²) in [6.07, 6.45) is 2.08. The molecule has 0 aliphatic heterocycles. The normalized spacial score (nSPS) is 11.9. The predicted octanol–water partition coefficient (Wildman–Crippen LogP) is 1.32. The highest BCUT2D eigenvalue weighted by Crippen LogP contribution is 2.12. The number of hydrogen-bond donors (Lipinski definition) is 2. The zero-order valence-electron chi connectivity index (χ0n) is 13.7. The monoisotopic (exact) mass is 331 g/mol. The zero-order valence-corrected chi connectivity index (χ0v) is 13.7. The molecule has 0 aliphatic rings. The first-order valence-corrected chi connectivity index (χ1v) is 7.68. The second-order valence-corrected chi connectivity index (χ2v) is 5.32. The average molecular weight is 331 g/mol. The fourth-order valence-corrected chi connectivity index (χ4v) is 2.44. The lowest BCUT2D eigenvalue weighted by atomic mass is 10.1. The highest BCUT2D eigenvalue weighted by Gasteiger charge is 2.23. The Morgan fingerprint density at radius 2 is 2.04 bits per heavy atom. The molecule has 1 amide bonds. The molecule has 0 aliphatic carbocycles. The first kappa shape index (κ1) is 17.7. The van der Waals surface area contributed by atoms with Crippen molar-refractivity contribution in [1.29, 1.82) is 0 Å². The number of nitrogens with one attached hydrogen (secondary N) is 1. The van der Waals surface area contributed by atoms with Crippen LogP contribution in [0.2, 0.25) is 0 Å². The molecule has 0 bridgehead atoms. The smallest absolute Gasteiger partial charge is 0.328 e. The summed E-state index contributed by atoms with van der Waals surface area (Å²) in [6.45, 7) is 2.39. The van der Waals surface area contributed by atoms with Crippen LogP contribution < -0.4 is 5.32 Å². The van der Waals surface area contributed by atoms with Crippen LogP contribution in [0.5, 0.6) is 0 Å². The van der Waals surface area contributed by atoms with Gasteiger partial charge in [0.2, 0.25) is 0 Å². The molecule has 0 spiro atoms. The van der Waals surface area contributed by atoms with Crippen LogP contribution in [0, 0.1) is 0 Å². The minimum atomic E-state index is -1.14. The summed E-state index contributed by atoms with van der Waals surface area (Å²) in [5.74, 6) is -1.60. The molecular formula is C17H21N3O4. The van der Waals surface area contributed by atoms with Crippen molar-refractivity contribution in [3.63, 3.8) is 0 Å². The van der Waals surface area contributed by atoms with Crippen LogP contribution in [-0.4, -0.2) is 46.5 Å². The summed E-state index contributed by atoms with van der Waals surface area (Å²) in [7, 11) is 1.39. The summed E-state index contributed by atoms with van der Waals surface area (Å²) >= 11 is 0. The minimum Gasteiger partial charge on any atom is -0.480 e. The molecular weight excluding hydrogens is 310 g/mol. The Morgan fingerprint density at radius 3 is 2.62 bits per heavy atom. The fourth-order valence-electron chi connectivity index (χ4n) is 2.44. The summed E-state index contributed by atoms with van der Waals surface area (Å²) < 4.78 is 6.59. The van der Waals surface area contributed by atoms with E-state index in [0.29, 0.717) is 18.5 Å². The van der Waals surface area contributed by atoms with E-state index in [2.05, 4.69) is 10.4 Å². The lowest BCUT2D eigenvalue weighted by molar-refractivity contribution is -0.140. The molecule has 24 heavy (non-hydrogen) atoms. The quantitative estimate of drug-likeness (QED) is 0.761. The van der Waals surface area contributed by atoms with Gasteiger partial charge in [-0.25, -0.2) is 4.79 Å². The maximum Gasteiger partial charge on any atom is 0.328 e. The van der Waals surface area contributed by atoms with Crippen LogP contribution in [-0.2, 0) is 22.5 Å². The summed E-state index contributed by atoms with van der Waals surface area (Å²) in [5.41, 5.74) is 2.22. The Morgan fingerprint density at radius 1 is 1.33 bits per heavy atom. The summed E-state index contributed by atoms with van der Waals surface area (Å²) in [6, 6.07) is 8.71. The maximum atomic E-state index is 12.4. The van der Waals surface area contributed by atoms with E-state index < -0.39 is 17.9 Å². The van der Waals surface area contributed by atoms with E-state index in [0.717, 1.165) is 11.3 Å². The molecule has 2 N–H and O–H groups in total. The van der Waals surface area contributed by atoms with Crippen LogP contribution >= 0.6 is 0 Å². The van der Waals surface area contributed by atoms with E-state index in [4.69, 9.17) is 9.84 Å². The Hall–Kier alpha value is -2.67. The van der Waals surface area contributed by atoms with Gasteiger partial charge in [-0.2, -0.15) is 5.10 Å². The maximum absolute atomic E-state index is 12.4. The molecule has 0 radical (unpaired) electrons. The standard InChI is InChI=1S/C17H21N3O4/c1-3-15-13(16(21)19-14(11-24-2)17(22)23)9-18-20(15)10-12-7-5-4-6-8-12/h4-9,14H,3,10-11H2,1-2H3,(H,19,21)(H,22,23). The minimum absolute atomic E-state index is 0.0965. The molecule has 1 aromatic heterocycles. The third-order valence-corrected chi connectivity index (χ3v) is 3.64. The molecule has 2 rings (SSSR count). The topological polar surface area (TPSA) is 93.4 Å². The molecule has 128 valence electrons. The number of carboxylic acids is 1. The van der Waals surface area contributed by atoms with Gasteiger partial charge in [0.05, 0.1) is 30.6 Å². The van der Waals surface area contributed by atoms with Gasteiger partial charge in [-0.3, -0.25) is 9.48 Å². The first-order chi connectivity index (χ1) is 11.6. The SMILES string of the molecule is CCc1c(C(=O)NC(COC)C(=O)O)cnn1Cc1ccccc1. The molecule has 0 saturated carbocycles. The van der Waals surface area contributed by atoms with Gasteiger partial charge in [0.15, 0.2) is 6.04 Å². The largest absolute Gasteiger partial charge is 0.480 e. The van der Waals surface area contributed by atoms with E-state index in [1.54, 1.807) is 4.68 Å². The van der Waals surface area contributed by atoms with Crippen molar-refractivity contribution in [3.8, 4) is 0 Å². The van der Waals surface area contributed by atoms with Crippen LogP contribution in [0.3, 0.4) is 0 Å². The van der Waals surface area contributed by atoms with E-state index >= 15 is 0 Å². The predicted molar refractivity (Wildman–Crippen MR) is 87.9 cm³/mol. The van der Waals surface area contributed by atoms with Crippen LogP contribution in [0.25, 0.3) is 0 Å². The number of carbonyl (C=O) groups is 2. The summed E-state index contributed by atoms with van der Waals surface area (Å²) in [4.78, 5) is 23.5. The van der Waals surface area contributed by atoms with Crippen LogP contribution in [0.1, 0.15) is 28.5 Å². The fraction of sp³-hybridized carbons (Fsp3) is 0.353. The number of aliphatic carboxylic acids is 1. The number of carbonyl (C=O) groups excluding carboxylic acids is 1. The van der Waals surface area contributed by atoms with Crippen LogP contribution in [0.15, 0.2) is 36.5 Å². The lowest BCUT2D eigenvalue weighted by Crippen LogP contribution is -2.44. The number of carboxylic acid groups (broad SMARTS) is 1. The number of benzene rings is 1. The number of rotatable bonds is 8. The van der Waals surface area contributed by atoms with E-state index in [9.17, 15) is 9.59 Å². The van der Waals surface area contributed by atoms with Crippen molar-refractivity contribution in [3.05, 3.63) is 53.3 Å². The van der Waals surface area contributed by atoms with E-state index in [1.165, 1.54) is 13.3 Å². The number of nitrogens with zero attached hydrogens (tertiary/aromatic N) is 2. The molecule has 1 unspecified atom stereocenters. The van der Waals surface area contributed by atoms with Crippen LogP contribution in [0.4, 0.5) is 0 Å². The first-order valence-electron chi connectivity index (χ1n) is 7.68. The van der Waals surface area contributed by atoms with Crippen molar-refractivity contribution in [2.24, 2.45) is 0 Å². The summed E-state index contributed by atoms with van der Waals surface area (Å²) in [5, 5.41) is 15.9. The molecule has 2 aromatic rings. The highest BCUT2D eigenvalue weighted by atomic mass is 16.5. The number of ether oxygens (including phenoxy) is 1. The van der Waals surface area contributed by atoms with Crippen molar-refractivity contribution >= 4 is 11.9 Å². The van der Waals surface area contributed by atoms with Gasteiger partial charge >= 0.3 is 5.97 Å². The third kappa shape index (κ3) is 4.20. The van der Waals surface area contributed by atoms with Gasteiger partial charge < -0.3 is 15.2 Å². The van der Waals surface area contributed by atoms with Crippen molar-refractivity contribution in [2.75, 3.05) is 13.7 Å². The van der Waals surface area contributed by atoms with E-state index in [-0.39, 0.29) is 6.61 Å². The van der Waals surface area contributed by atoms with Gasteiger partial charge in [0.1, 0.15) is 0 Å². The number of aromatic nitrogens is 2. The molecule has 1 atom stereocenters. The van der Waals surface area contributed by atoms with Gasteiger partial charge in [-0.1, -0.05) is 37.3 Å². The third-order valence-electron chi connectivity index (χ3n) is 3.64. The molecule has 0 fully saturated rings. The Balaban J connectivity index is 2.18. The molecule has 1 heterocycles. The van der Waals surface area contributed by atoms with E-state index in [1.807, 2.05) is 37.3 Å². The van der Waals surface area contributed by atoms with Gasteiger partial charge in [0, 0.05) is 7.11 Å². The Kier molecular flexibility index (Phi) is 6.08. The second kappa shape index (κ2) is 8.26. The van der Waals surface area contributed by atoms with Gasteiger partial charge in [-0.15, -0.1) is 0 Å². The number of amides is 1. The second-order valence-electron chi connectivity index (χ2n) is 5.32. The van der Waals surface area contributed by atoms with Gasteiger partial charge in [0.25, 0.3) is 5.91 Å². The molecule has 0 saturated heterocycles. The molecule has 7 nitrogen and oxygen atoms in total. The highest BCUT2D eigenvalue weighted by molar-refractivity contribution is 5.97. The van der Waals surface area contributed by atoms with Gasteiger partial charge in [-0.05, 0) is 12.0 Å². The van der Waals surface area contributed by atoms with Crippen molar-refractivity contribution in [1.82, 2.24) is 15.1 Å². The van der Waals surface area contributed by atoms with Crippen molar-refractivity contribution < 1.29 is 19.4 Å².